The van der Waals surface area contributed by atoms with Crippen LogP contribution in [-0.2, 0) is 16.8 Å². The van der Waals surface area contributed by atoms with Crippen LogP contribution in [0.5, 0.6) is 0 Å². The van der Waals surface area contributed by atoms with E-state index in [1.807, 2.05) is 23.6 Å². The molecule has 0 saturated heterocycles. The summed E-state index contributed by atoms with van der Waals surface area (Å²) >= 11 is 5.15. The van der Waals surface area contributed by atoms with Crippen LogP contribution in [0.4, 0.5) is 0 Å². The number of rotatable bonds is 4. The highest BCUT2D eigenvalue weighted by molar-refractivity contribution is 9.10. The van der Waals surface area contributed by atoms with E-state index in [0.717, 1.165) is 35.7 Å². The highest BCUT2D eigenvalue weighted by atomic mass is 79.9. The molecule has 0 unspecified atom stereocenters. The summed E-state index contributed by atoms with van der Waals surface area (Å²) in [5, 5.41) is 5.18. The molecule has 110 valence electrons. The summed E-state index contributed by atoms with van der Waals surface area (Å²) in [6, 6.07) is 12.3. The predicted octanol–water partition coefficient (Wildman–Crippen LogP) is 4.64. The van der Waals surface area contributed by atoms with Gasteiger partial charge in [0.05, 0.1) is 12.0 Å². The van der Waals surface area contributed by atoms with Crippen molar-refractivity contribution in [3.05, 3.63) is 56.7 Å². The smallest absolute Gasteiger partial charge is 0.230 e. The molecule has 0 aliphatic heterocycles. The maximum atomic E-state index is 12.8. The Balaban J connectivity index is 1.79. The standard InChI is InChI=1S/C17H18BrNOS/c18-14-7-5-13(6-8-14)17(9-1-2-10-17)16(20)19-12-15-4-3-11-21-15/h3-8,11H,1-2,9-10,12H2,(H,19,20). The average Bonchev–Trinajstić information content (AvgIpc) is 3.17. The number of hydrogen-bond donors (Lipinski definition) is 1. The summed E-state index contributed by atoms with van der Waals surface area (Å²) in [5.74, 6) is 0.177. The fourth-order valence-corrected chi connectivity index (χ4v) is 4.05. The summed E-state index contributed by atoms with van der Waals surface area (Å²) in [6.07, 6.45) is 4.15. The van der Waals surface area contributed by atoms with E-state index in [0.29, 0.717) is 6.54 Å². The van der Waals surface area contributed by atoms with Crippen molar-refractivity contribution in [2.24, 2.45) is 0 Å². The van der Waals surface area contributed by atoms with Crippen molar-refractivity contribution >= 4 is 33.2 Å². The molecular formula is C17H18BrNOS. The highest BCUT2D eigenvalue weighted by Crippen LogP contribution is 2.41. The fraction of sp³-hybridized carbons (Fsp3) is 0.353. The van der Waals surface area contributed by atoms with E-state index in [-0.39, 0.29) is 11.3 Å². The molecule has 4 heteroatoms. The van der Waals surface area contributed by atoms with Crippen molar-refractivity contribution in [3.8, 4) is 0 Å². The van der Waals surface area contributed by atoms with Crippen molar-refractivity contribution in [3.63, 3.8) is 0 Å². The number of amides is 1. The second-order valence-corrected chi connectivity index (χ2v) is 7.51. The molecule has 1 fully saturated rings. The van der Waals surface area contributed by atoms with E-state index in [1.54, 1.807) is 11.3 Å². The molecule has 0 radical (unpaired) electrons. The minimum Gasteiger partial charge on any atom is -0.350 e. The monoisotopic (exact) mass is 363 g/mol. The lowest BCUT2D eigenvalue weighted by atomic mass is 9.78. The predicted molar refractivity (Wildman–Crippen MR) is 90.5 cm³/mol. The molecule has 1 amide bonds. The Morgan fingerprint density at radius 2 is 1.90 bits per heavy atom. The number of hydrogen-bond acceptors (Lipinski definition) is 2. The van der Waals surface area contributed by atoms with E-state index in [9.17, 15) is 4.79 Å². The van der Waals surface area contributed by atoms with Gasteiger partial charge in [-0.1, -0.05) is 47.0 Å². The summed E-state index contributed by atoms with van der Waals surface area (Å²) in [5.41, 5.74) is 0.810. The quantitative estimate of drug-likeness (QED) is 0.842. The molecule has 1 aliphatic rings. The second-order valence-electron chi connectivity index (χ2n) is 5.56. The van der Waals surface area contributed by atoms with Gasteiger partial charge >= 0.3 is 0 Å². The molecule has 0 bridgehead atoms. The first-order valence-corrected chi connectivity index (χ1v) is 8.95. The summed E-state index contributed by atoms with van der Waals surface area (Å²) in [7, 11) is 0. The number of benzene rings is 1. The first-order valence-electron chi connectivity index (χ1n) is 7.27. The van der Waals surface area contributed by atoms with Crippen LogP contribution in [0.3, 0.4) is 0 Å². The molecule has 1 N–H and O–H groups in total. The molecule has 1 aromatic carbocycles. The van der Waals surface area contributed by atoms with Crippen LogP contribution in [0.2, 0.25) is 0 Å². The van der Waals surface area contributed by atoms with Gasteiger partial charge in [-0.3, -0.25) is 4.79 Å². The third-order valence-electron chi connectivity index (χ3n) is 4.29. The number of halogens is 1. The lowest BCUT2D eigenvalue weighted by Gasteiger charge is -2.28. The van der Waals surface area contributed by atoms with Gasteiger partial charge in [-0.25, -0.2) is 0 Å². The van der Waals surface area contributed by atoms with Gasteiger partial charge < -0.3 is 5.32 Å². The zero-order valence-electron chi connectivity index (χ0n) is 11.8. The lowest BCUT2D eigenvalue weighted by molar-refractivity contribution is -0.126. The van der Waals surface area contributed by atoms with Crippen LogP contribution in [-0.4, -0.2) is 5.91 Å². The molecule has 3 rings (SSSR count). The van der Waals surface area contributed by atoms with Crippen LogP contribution in [0, 0.1) is 0 Å². The van der Waals surface area contributed by atoms with Gasteiger partial charge in [-0.2, -0.15) is 0 Å². The summed E-state index contributed by atoms with van der Waals surface area (Å²) < 4.78 is 1.05. The van der Waals surface area contributed by atoms with Gasteiger partial charge in [0.1, 0.15) is 0 Å². The van der Waals surface area contributed by atoms with Gasteiger partial charge in [-0.05, 0) is 42.0 Å². The number of nitrogens with one attached hydrogen (secondary N) is 1. The normalized spacial score (nSPS) is 16.8. The van der Waals surface area contributed by atoms with Crippen molar-refractivity contribution in [1.29, 1.82) is 0 Å². The Hall–Kier alpha value is -1.13. The van der Waals surface area contributed by atoms with Crippen LogP contribution in [0.15, 0.2) is 46.3 Å². The van der Waals surface area contributed by atoms with Gasteiger partial charge in [0, 0.05) is 9.35 Å². The topological polar surface area (TPSA) is 29.1 Å². The van der Waals surface area contributed by atoms with Gasteiger partial charge in [0.15, 0.2) is 0 Å². The van der Waals surface area contributed by atoms with Crippen LogP contribution in [0.25, 0.3) is 0 Å². The van der Waals surface area contributed by atoms with Gasteiger partial charge in [0.2, 0.25) is 5.91 Å². The minimum atomic E-state index is -0.335. The molecule has 2 aromatic rings. The molecule has 2 nitrogen and oxygen atoms in total. The highest BCUT2D eigenvalue weighted by Gasteiger charge is 2.42. The van der Waals surface area contributed by atoms with Gasteiger partial charge in [0.25, 0.3) is 0 Å². The van der Waals surface area contributed by atoms with E-state index >= 15 is 0 Å². The van der Waals surface area contributed by atoms with E-state index in [2.05, 4.69) is 39.4 Å². The van der Waals surface area contributed by atoms with Crippen molar-refractivity contribution in [1.82, 2.24) is 5.32 Å². The molecule has 21 heavy (non-hydrogen) atoms. The molecular weight excluding hydrogens is 346 g/mol. The first-order chi connectivity index (χ1) is 10.2. The molecule has 1 aliphatic carbocycles. The van der Waals surface area contributed by atoms with Crippen LogP contribution in [0.1, 0.15) is 36.1 Å². The third kappa shape index (κ3) is 3.06. The molecule has 0 spiro atoms. The van der Waals surface area contributed by atoms with E-state index in [4.69, 9.17) is 0 Å². The summed E-state index contributed by atoms with van der Waals surface area (Å²) in [6.45, 7) is 0.634. The molecule has 0 atom stereocenters. The Morgan fingerprint density at radius 3 is 2.52 bits per heavy atom. The van der Waals surface area contributed by atoms with Crippen LogP contribution >= 0.6 is 27.3 Å². The largest absolute Gasteiger partial charge is 0.350 e. The lowest BCUT2D eigenvalue weighted by Crippen LogP contribution is -2.42. The van der Waals surface area contributed by atoms with Gasteiger partial charge in [-0.15, -0.1) is 11.3 Å². The number of carbonyl (C=O) groups is 1. The fourth-order valence-electron chi connectivity index (χ4n) is 3.14. The third-order valence-corrected chi connectivity index (χ3v) is 5.70. The number of thiophene rings is 1. The zero-order valence-corrected chi connectivity index (χ0v) is 14.2. The van der Waals surface area contributed by atoms with E-state index < -0.39 is 0 Å². The first kappa shape index (κ1) is 14.8. The van der Waals surface area contributed by atoms with E-state index in [1.165, 1.54) is 4.88 Å². The average molecular weight is 364 g/mol. The molecule has 1 saturated carbocycles. The Morgan fingerprint density at radius 1 is 1.19 bits per heavy atom. The van der Waals surface area contributed by atoms with Crippen molar-refractivity contribution in [2.45, 2.75) is 37.6 Å². The Bertz CT molecular complexity index is 600. The Labute approximate surface area is 137 Å². The molecule has 1 aromatic heterocycles. The Kier molecular flexibility index (Phi) is 4.45. The number of carbonyl (C=O) groups excluding carboxylic acids is 1. The van der Waals surface area contributed by atoms with Crippen molar-refractivity contribution < 1.29 is 4.79 Å². The second kappa shape index (κ2) is 6.32. The molecule has 1 heterocycles. The maximum absolute atomic E-state index is 12.8. The zero-order chi connectivity index (χ0) is 14.7. The maximum Gasteiger partial charge on any atom is 0.230 e. The summed E-state index contributed by atoms with van der Waals surface area (Å²) in [4.78, 5) is 14.0. The van der Waals surface area contributed by atoms with Crippen LogP contribution < -0.4 is 5.32 Å². The van der Waals surface area contributed by atoms with Crippen molar-refractivity contribution in [2.75, 3.05) is 0 Å². The SMILES string of the molecule is O=C(NCc1cccs1)C1(c2ccc(Br)cc2)CCCC1. The minimum absolute atomic E-state index is 0.177.